The molecule has 35 heavy (non-hydrogen) atoms. The van der Waals surface area contributed by atoms with E-state index in [-0.39, 0.29) is 31.6 Å². The van der Waals surface area contributed by atoms with E-state index < -0.39 is 53.1 Å². The van der Waals surface area contributed by atoms with Gasteiger partial charge in [-0.25, -0.2) is 0 Å². The van der Waals surface area contributed by atoms with Crippen molar-refractivity contribution in [1.29, 1.82) is 0 Å². The van der Waals surface area contributed by atoms with Crippen LogP contribution in [-0.4, -0.2) is 65.8 Å². The quantitative estimate of drug-likeness (QED) is 0.298. The molecule has 0 heterocycles. The summed E-state index contributed by atoms with van der Waals surface area (Å²) in [7, 11) is 0. The van der Waals surface area contributed by atoms with Crippen molar-refractivity contribution in [3.05, 3.63) is 35.4 Å². The summed E-state index contributed by atoms with van der Waals surface area (Å²) in [5.41, 5.74) is -2.33. The van der Waals surface area contributed by atoms with Crippen molar-refractivity contribution in [3.63, 3.8) is 0 Å². The van der Waals surface area contributed by atoms with E-state index >= 15 is 0 Å². The molecule has 5 rings (SSSR count). The number of ketones is 1. The molecule has 4 aliphatic rings. The first-order valence-electron chi connectivity index (χ1n) is 10.8. The number of nitrogens with one attached hydrogen (secondary N) is 1. The average Bonchev–Trinajstić information content (AvgIpc) is 2.68. The highest BCUT2D eigenvalue weighted by atomic mass is 19.4. The van der Waals surface area contributed by atoms with Crippen molar-refractivity contribution in [2.24, 2.45) is 0 Å². The molecule has 0 atom stereocenters. The predicted octanol–water partition coefficient (Wildman–Crippen LogP) is 3.22. The number of hydrogen-bond donors (Lipinski definition) is 1. The zero-order chi connectivity index (χ0) is 25.6. The molecule has 1 aromatic carbocycles. The Morgan fingerprint density at radius 3 is 2.31 bits per heavy atom. The van der Waals surface area contributed by atoms with Crippen LogP contribution in [0.25, 0.3) is 0 Å². The largest absolute Gasteiger partial charge is 0.522 e. The van der Waals surface area contributed by atoms with E-state index in [2.05, 4.69) is 10.1 Å². The third-order valence-corrected chi connectivity index (χ3v) is 6.77. The normalized spacial score (nSPS) is 29.3. The number of Topliss-reactive ketones (excluding diaryl/α,β-unsaturated/α-hetero) is 1. The molecule has 4 aliphatic carbocycles. The second-order valence-corrected chi connectivity index (χ2v) is 9.41. The summed E-state index contributed by atoms with van der Waals surface area (Å²) in [6.07, 6.45) is -9.09. The van der Waals surface area contributed by atoms with Crippen LogP contribution < -0.4 is 5.32 Å². The van der Waals surface area contributed by atoms with Crippen LogP contribution in [0.1, 0.15) is 48.0 Å². The van der Waals surface area contributed by atoms with Crippen LogP contribution in [0.3, 0.4) is 0 Å². The number of alkyl halides is 6. The first-order chi connectivity index (χ1) is 16.2. The molecule has 2 bridgehead atoms. The number of carbonyl (C=O) groups is 3. The standard InChI is InChI=1S/C22H22F6N2O5/c23-21(24,25)14-3-1-2-13(4-14)17(32)7-30(12-31)20-9-19(10-20,11-20)29-18(33)8-34-15-5-16(6-15)35-22(26,27)28/h1-4,12,15-16H,5-11H2,(H,29,33). The Bertz CT molecular complexity index is 985. The molecule has 1 N–H and O–H groups in total. The summed E-state index contributed by atoms with van der Waals surface area (Å²) in [4.78, 5) is 37.6. The summed E-state index contributed by atoms with van der Waals surface area (Å²) in [5, 5.41) is 2.80. The molecule has 0 spiro atoms. The second-order valence-electron chi connectivity index (χ2n) is 9.41. The maximum Gasteiger partial charge on any atom is 0.522 e. The van der Waals surface area contributed by atoms with Crippen molar-refractivity contribution in [1.82, 2.24) is 10.2 Å². The molecular weight excluding hydrogens is 486 g/mol. The van der Waals surface area contributed by atoms with Crippen LogP contribution in [0.15, 0.2) is 24.3 Å². The third kappa shape index (κ3) is 5.45. The van der Waals surface area contributed by atoms with Crippen LogP contribution >= 0.6 is 0 Å². The molecule has 7 nitrogen and oxygen atoms in total. The van der Waals surface area contributed by atoms with E-state index in [1.165, 1.54) is 11.0 Å². The van der Waals surface area contributed by atoms with E-state index in [0.717, 1.165) is 18.2 Å². The molecule has 0 saturated heterocycles. The minimum Gasteiger partial charge on any atom is -0.368 e. The smallest absolute Gasteiger partial charge is 0.368 e. The van der Waals surface area contributed by atoms with E-state index in [1.54, 1.807) is 0 Å². The molecular formula is C22H22F6N2O5. The van der Waals surface area contributed by atoms with Gasteiger partial charge in [0.15, 0.2) is 5.78 Å². The second kappa shape index (κ2) is 8.77. The Kier molecular flexibility index (Phi) is 6.37. The maximum absolute atomic E-state index is 12.9. The molecule has 0 aromatic heterocycles. The van der Waals surface area contributed by atoms with Gasteiger partial charge in [0.1, 0.15) is 6.61 Å². The van der Waals surface area contributed by atoms with Gasteiger partial charge in [-0.15, -0.1) is 13.2 Å². The Hall–Kier alpha value is -2.67. The van der Waals surface area contributed by atoms with Crippen molar-refractivity contribution in [2.75, 3.05) is 13.2 Å². The van der Waals surface area contributed by atoms with Crippen molar-refractivity contribution in [2.45, 2.75) is 67.9 Å². The fourth-order valence-electron chi connectivity index (χ4n) is 5.07. The molecule has 192 valence electrons. The Morgan fingerprint density at radius 2 is 1.74 bits per heavy atom. The molecule has 1 aromatic rings. The molecule has 2 amide bonds. The zero-order valence-corrected chi connectivity index (χ0v) is 18.2. The fraction of sp³-hybridized carbons (Fsp3) is 0.591. The van der Waals surface area contributed by atoms with Crippen LogP contribution in [0.2, 0.25) is 0 Å². The number of amides is 2. The number of ether oxygens (including phenoxy) is 2. The van der Waals surface area contributed by atoms with Crippen molar-refractivity contribution >= 4 is 18.1 Å². The first-order valence-corrected chi connectivity index (χ1v) is 10.8. The first kappa shape index (κ1) is 25.4. The Balaban J connectivity index is 1.21. The minimum atomic E-state index is -4.71. The van der Waals surface area contributed by atoms with E-state index in [9.17, 15) is 40.7 Å². The highest BCUT2D eigenvalue weighted by Gasteiger charge is 2.71. The lowest BCUT2D eigenvalue weighted by Gasteiger charge is -2.72. The lowest BCUT2D eigenvalue weighted by Crippen LogP contribution is -2.84. The van der Waals surface area contributed by atoms with E-state index in [0.29, 0.717) is 25.7 Å². The van der Waals surface area contributed by atoms with Gasteiger partial charge in [0.05, 0.1) is 24.3 Å². The van der Waals surface area contributed by atoms with Crippen molar-refractivity contribution in [3.8, 4) is 0 Å². The number of rotatable bonds is 10. The topological polar surface area (TPSA) is 84.9 Å². The molecule has 4 saturated carbocycles. The van der Waals surface area contributed by atoms with Gasteiger partial charge >= 0.3 is 12.5 Å². The van der Waals surface area contributed by atoms with Crippen LogP contribution in [-0.2, 0) is 25.2 Å². The number of halogens is 6. The van der Waals surface area contributed by atoms with Gasteiger partial charge in [-0.3, -0.25) is 19.1 Å². The SMILES string of the molecule is O=CN(CC(=O)c1cccc(C(F)(F)F)c1)C12CC(NC(=O)COC3CC(OC(F)(F)F)C3)(C1)C2. The number of hydrogen-bond acceptors (Lipinski definition) is 5. The van der Waals surface area contributed by atoms with Gasteiger partial charge in [0.2, 0.25) is 12.3 Å². The lowest BCUT2D eigenvalue weighted by atomic mass is 9.43. The van der Waals surface area contributed by atoms with Gasteiger partial charge in [-0.1, -0.05) is 12.1 Å². The summed E-state index contributed by atoms with van der Waals surface area (Å²) >= 11 is 0. The van der Waals surface area contributed by atoms with Crippen LogP contribution in [0, 0.1) is 0 Å². The van der Waals surface area contributed by atoms with Crippen LogP contribution in [0.4, 0.5) is 26.3 Å². The summed E-state index contributed by atoms with van der Waals surface area (Å²) in [6, 6.07) is 3.98. The minimum absolute atomic E-state index is 0.0369. The Labute approximate surface area is 195 Å². The van der Waals surface area contributed by atoms with Gasteiger partial charge in [0.25, 0.3) is 0 Å². The Morgan fingerprint density at radius 1 is 1.09 bits per heavy atom. The number of benzene rings is 1. The summed E-state index contributed by atoms with van der Waals surface area (Å²) < 4.78 is 84.2. The van der Waals surface area contributed by atoms with E-state index in [4.69, 9.17) is 4.74 Å². The molecule has 0 unspecified atom stereocenters. The number of nitrogens with zero attached hydrogens (tertiary/aromatic N) is 1. The van der Waals surface area contributed by atoms with E-state index in [1.807, 2.05) is 0 Å². The monoisotopic (exact) mass is 508 g/mol. The molecule has 13 heteroatoms. The summed E-state index contributed by atoms with van der Waals surface area (Å²) in [5.74, 6) is -1.08. The molecule has 4 fully saturated rings. The third-order valence-electron chi connectivity index (χ3n) is 6.77. The highest BCUT2D eigenvalue weighted by molar-refractivity contribution is 5.98. The van der Waals surface area contributed by atoms with Gasteiger partial charge in [-0.2, -0.15) is 13.2 Å². The van der Waals surface area contributed by atoms with Crippen LogP contribution in [0.5, 0.6) is 0 Å². The summed E-state index contributed by atoms with van der Waals surface area (Å²) in [6.45, 7) is -0.718. The maximum atomic E-state index is 12.9. The zero-order valence-electron chi connectivity index (χ0n) is 18.2. The van der Waals surface area contributed by atoms with Gasteiger partial charge < -0.3 is 15.0 Å². The fourth-order valence-corrected chi connectivity index (χ4v) is 5.07. The number of carbonyl (C=O) groups excluding carboxylic acids is 3. The predicted molar refractivity (Wildman–Crippen MR) is 106 cm³/mol. The lowest BCUT2D eigenvalue weighted by molar-refractivity contribution is -0.357. The van der Waals surface area contributed by atoms with Gasteiger partial charge in [-0.05, 0) is 31.4 Å². The average molecular weight is 508 g/mol. The highest BCUT2D eigenvalue weighted by Crippen LogP contribution is 2.63. The van der Waals surface area contributed by atoms with Crippen molar-refractivity contribution < 1.29 is 50.2 Å². The molecule has 0 radical (unpaired) electrons. The van der Waals surface area contributed by atoms with Gasteiger partial charge in [0, 0.05) is 29.5 Å². The molecule has 0 aliphatic heterocycles.